The Balaban J connectivity index is 2.17. The molecule has 3 heteroatoms. The zero-order valence-corrected chi connectivity index (χ0v) is 13.1. The van der Waals surface area contributed by atoms with Crippen LogP contribution in [0.5, 0.6) is 0 Å². The second kappa shape index (κ2) is 10.1. The molecule has 1 atom stereocenters. The van der Waals surface area contributed by atoms with E-state index >= 15 is 0 Å². The minimum Gasteiger partial charge on any atom is -0.373 e. The van der Waals surface area contributed by atoms with Crippen molar-refractivity contribution in [2.45, 2.75) is 51.6 Å². The Labute approximate surface area is 118 Å². The van der Waals surface area contributed by atoms with E-state index in [2.05, 4.69) is 40.4 Å². The molecule has 0 fully saturated rings. The van der Waals surface area contributed by atoms with Gasteiger partial charge in [0.05, 0.1) is 6.10 Å². The van der Waals surface area contributed by atoms with Crippen molar-refractivity contribution in [2.75, 3.05) is 11.9 Å². The number of ether oxygens (including phenoxy) is 1. The van der Waals surface area contributed by atoms with Gasteiger partial charge in [0.15, 0.2) is 0 Å². The van der Waals surface area contributed by atoms with Crippen LogP contribution in [0.1, 0.15) is 56.4 Å². The van der Waals surface area contributed by atoms with Crippen molar-refractivity contribution < 1.29 is 4.74 Å². The van der Waals surface area contributed by atoms with Crippen LogP contribution in [-0.2, 0) is 4.74 Å². The maximum absolute atomic E-state index is 6.01. The van der Waals surface area contributed by atoms with E-state index in [-0.39, 0.29) is 0 Å². The fourth-order valence-electron chi connectivity index (χ4n) is 1.82. The van der Waals surface area contributed by atoms with Gasteiger partial charge >= 0.3 is 0 Å². The van der Waals surface area contributed by atoms with Crippen LogP contribution in [0.4, 0.5) is 0 Å². The predicted molar refractivity (Wildman–Crippen MR) is 80.2 cm³/mol. The van der Waals surface area contributed by atoms with E-state index in [0.29, 0.717) is 6.10 Å². The standard InChI is InChI=1S/C14H23BrOS/c1-2-8-13(14-9-7-12-17-14)16-11-6-4-3-5-10-15/h7,9,12-13H,2-6,8,10-11H2,1H3. The van der Waals surface area contributed by atoms with Gasteiger partial charge in [-0.3, -0.25) is 0 Å². The first-order valence-corrected chi connectivity index (χ1v) is 8.59. The van der Waals surface area contributed by atoms with Crippen molar-refractivity contribution >= 4 is 27.3 Å². The van der Waals surface area contributed by atoms with E-state index in [0.717, 1.165) is 18.4 Å². The zero-order chi connectivity index (χ0) is 12.3. The van der Waals surface area contributed by atoms with Crippen molar-refractivity contribution in [3.63, 3.8) is 0 Å². The molecule has 1 nitrogen and oxygen atoms in total. The highest BCUT2D eigenvalue weighted by molar-refractivity contribution is 9.09. The summed E-state index contributed by atoms with van der Waals surface area (Å²) in [4.78, 5) is 1.38. The zero-order valence-electron chi connectivity index (χ0n) is 10.7. The van der Waals surface area contributed by atoms with Gasteiger partial charge in [0.25, 0.3) is 0 Å². The first kappa shape index (κ1) is 15.2. The van der Waals surface area contributed by atoms with E-state index < -0.39 is 0 Å². The molecular formula is C14H23BrOS. The van der Waals surface area contributed by atoms with Crippen LogP contribution < -0.4 is 0 Å². The summed E-state index contributed by atoms with van der Waals surface area (Å²) in [6.07, 6.45) is 7.73. The molecule has 0 saturated carbocycles. The van der Waals surface area contributed by atoms with Crippen LogP contribution in [-0.4, -0.2) is 11.9 Å². The Hall–Kier alpha value is 0.140. The van der Waals surface area contributed by atoms with E-state index in [4.69, 9.17) is 4.74 Å². The summed E-state index contributed by atoms with van der Waals surface area (Å²) in [6.45, 7) is 3.13. The molecule has 0 aliphatic rings. The Bertz CT molecular complexity index is 261. The van der Waals surface area contributed by atoms with Crippen LogP contribution in [0.3, 0.4) is 0 Å². The lowest BCUT2D eigenvalue weighted by atomic mass is 10.1. The van der Waals surface area contributed by atoms with Gasteiger partial charge in [-0.1, -0.05) is 48.2 Å². The lowest BCUT2D eigenvalue weighted by molar-refractivity contribution is 0.0459. The van der Waals surface area contributed by atoms with Crippen LogP contribution >= 0.6 is 27.3 Å². The van der Waals surface area contributed by atoms with Gasteiger partial charge in [0.2, 0.25) is 0 Å². The first-order chi connectivity index (χ1) is 8.38. The van der Waals surface area contributed by atoms with Crippen molar-refractivity contribution in [1.82, 2.24) is 0 Å². The van der Waals surface area contributed by atoms with Crippen molar-refractivity contribution in [3.05, 3.63) is 22.4 Å². The molecule has 0 radical (unpaired) electrons. The Morgan fingerprint density at radius 2 is 2.12 bits per heavy atom. The molecule has 0 bridgehead atoms. The number of hydrogen-bond donors (Lipinski definition) is 0. The molecule has 0 spiro atoms. The molecule has 0 saturated heterocycles. The Morgan fingerprint density at radius 1 is 1.29 bits per heavy atom. The molecular weight excluding hydrogens is 296 g/mol. The van der Waals surface area contributed by atoms with Crippen LogP contribution in [0.2, 0.25) is 0 Å². The second-order valence-electron chi connectivity index (χ2n) is 4.27. The SMILES string of the molecule is CCCC(OCCCCCCBr)c1cccs1. The van der Waals surface area contributed by atoms with Crippen LogP contribution in [0.15, 0.2) is 17.5 Å². The lowest BCUT2D eigenvalue weighted by Gasteiger charge is -2.15. The highest BCUT2D eigenvalue weighted by atomic mass is 79.9. The molecule has 0 aliphatic carbocycles. The van der Waals surface area contributed by atoms with E-state index in [9.17, 15) is 0 Å². The highest BCUT2D eigenvalue weighted by Gasteiger charge is 2.11. The molecule has 0 amide bonds. The van der Waals surface area contributed by atoms with Gasteiger partial charge in [-0.15, -0.1) is 11.3 Å². The third-order valence-corrected chi connectivity index (χ3v) is 4.28. The van der Waals surface area contributed by atoms with E-state index in [1.165, 1.54) is 37.0 Å². The molecule has 0 aromatic carbocycles. The number of alkyl halides is 1. The van der Waals surface area contributed by atoms with Gasteiger partial charge in [-0.2, -0.15) is 0 Å². The monoisotopic (exact) mass is 318 g/mol. The van der Waals surface area contributed by atoms with Gasteiger partial charge in [-0.05, 0) is 30.7 Å². The number of hydrogen-bond acceptors (Lipinski definition) is 2. The number of unbranched alkanes of at least 4 members (excludes halogenated alkanes) is 3. The van der Waals surface area contributed by atoms with Gasteiger partial charge in [0.1, 0.15) is 0 Å². The maximum Gasteiger partial charge on any atom is 0.0916 e. The smallest absolute Gasteiger partial charge is 0.0916 e. The molecule has 1 unspecified atom stereocenters. The molecule has 1 rings (SSSR count). The summed E-state index contributed by atoms with van der Waals surface area (Å²) in [6, 6.07) is 4.30. The molecule has 17 heavy (non-hydrogen) atoms. The normalized spacial score (nSPS) is 12.8. The first-order valence-electron chi connectivity index (χ1n) is 6.59. The van der Waals surface area contributed by atoms with Crippen molar-refractivity contribution in [2.24, 2.45) is 0 Å². The highest BCUT2D eigenvalue weighted by Crippen LogP contribution is 2.27. The fourth-order valence-corrected chi connectivity index (χ4v) is 3.03. The van der Waals surface area contributed by atoms with Crippen LogP contribution in [0, 0.1) is 0 Å². The summed E-state index contributed by atoms with van der Waals surface area (Å²) < 4.78 is 6.01. The van der Waals surface area contributed by atoms with Gasteiger partial charge < -0.3 is 4.74 Å². The molecule has 1 heterocycles. The minimum absolute atomic E-state index is 0.330. The number of rotatable bonds is 10. The Kier molecular flexibility index (Phi) is 9.03. The largest absolute Gasteiger partial charge is 0.373 e. The minimum atomic E-state index is 0.330. The molecule has 0 aliphatic heterocycles. The third-order valence-electron chi connectivity index (χ3n) is 2.76. The van der Waals surface area contributed by atoms with E-state index in [1.54, 1.807) is 0 Å². The fraction of sp³-hybridized carbons (Fsp3) is 0.714. The summed E-state index contributed by atoms with van der Waals surface area (Å²) in [7, 11) is 0. The lowest BCUT2D eigenvalue weighted by Crippen LogP contribution is -2.04. The van der Waals surface area contributed by atoms with E-state index in [1.807, 2.05) is 11.3 Å². The summed E-state index contributed by atoms with van der Waals surface area (Å²) in [5.74, 6) is 0. The van der Waals surface area contributed by atoms with Gasteiger partial charge in [0, 0.05) is 16.8 Å². The van der Waals surface area contributed by atoms with Crippen molar-refractivity contribution in [1.29, 1.82) is 0 Å². The van der Waals surface area contributed by atoms with Crippen LogP contribution in [0.25, 0.3) is 0 Å². The molecule has 1 aromatic heterocycles. The molecule has 98 valence electrons. The topological polar surface area (TPSA) is 9.23 Å². The average Bonchev–Trinajstić information content (AvgIpc) is 2.86. The predicted octanol–water partition coefficient (Wildman–Crippen LogP) is 5.56. The molecule has 0 N–H and O–H groups in total. The Morgan fingerprint density at radius 3 is 2.76 bits per heavy atom. The summed E-state index contributed by atoms with van der Waals surface area (Å²) in [5, 5.41) is 3.26. The summed E-state index contributed by atoms with van der Waals surface area (Å²) >= 11 is 5.27. The summed E-state index contributed by atoms with van der Waals surface area (Å²) in [5.41, 5.74) is 0. The average molecular weight is 319 g/mol. The third kappa shape index (κ3) is 6.58. The second-order valence-corrected chi connectivity index (χ2v) is 6.04. The number of halogens is 1. The molecule has 1 aromatic rings. The van der Waals surface area contributed by atoms with Crippen molar-refractivity contribution in [3.8, 4) is 0 Å². The van der Waals surface area contributed by atoms with Gasteiger partial charge in [-0.25, -0.2) is 0 Å². The number of thiophene rings is 1. The maximum atomic E-state index is 6.01. The quantitative estimate of drug-likeness (QED) is 0.405.